The summed E-state index contributed by atoms with van der Waals surface area (Å²) >= 11 is 1.31. The lowest BCUT2D eigenvalue weighted by Gasteiger charge is -2.33. The van der Waals surface area contributed by atoms with Crippen LogP contribution in [0.25, 0.3) is 4.96 Å². The van der Waals surface area contributed by atoms with Crippen molar-refractivity contribution in [1.82, 2.24) is 19.5 Å². The number of rotatable bonds is 6. The smallest absolute Gasteiger partial charge is 0.275 e. The third-order valence-electron chi connectivity index (χ3n) is 3.95. The molecule has 24 heavy (non-hydrogen) atoms. The number of anilines is 1. The molecule has 0 bridgehead atoms. The minimum atomic E-state index is -0.901. The molecule has 1 unspecified atom stereocenters. The zero-order valence-corrected chi connectivity index (χ0v) is 14.8. The molecule has 2 aromatic rings. The molecule has 2 N–H and O–H groups in total. The van der Waals surface area contributed by atoms with E-state index in [0.29, 0.717) is 42.8 Å². The van der Waals surface area contributed by atoms with E-state index in [1.54, 1.807) is 6.92 Å². The van der Waals surface area contributed by atoms with Crippen molar-refractivity contribution in [1.29, 1.82) is 0 Å². The van der Waals surface area contributed by atoms with E-state index >= 15 is 0 Å². The number of β-amino-alcohol motifs (C(OH)–C–C–N with tert-alkyl or cyclic N) is 1. The van der Waals surface area contributed by atoms with Gasteiger partial charge in [-0.05, 0) is 13.3 Å². The highest BCUT2D eigenvalue weighted by Crippen LogP contribution is 2.18. The number of nitrogens with one attached hydrogen (secondary N) is 1. The van der Waals surface area contributed by atoms with Gasteiger partial charge < -0.3 is 15.2 Å². The molecular weight excluding hydrogens is 330 g/mol. The molecule has 0 saturated carbocycles. The van der Waals surface area contributed by atoms with E-state index in [-0.39, 0.29) is 5.56 Å². The molecule has 0 amide bonds. The highest BCUT2D eigenvalue weighted by molar-refractivity contribution is 7.20. The molecule has 0 spiro atoms. The predicted octanol–water partition coefficient (Wildman–Crippen LogP) is 0.208. The van der Waals surface area contributed by atoms with E-state index in [1.807, 2.05) is 6.92 Å². The van der Waals surface area contributed by atoms with Crippen molar-refractivity contribution >= 4 is 21.4 Å². The Morgan fingerprint density at radius 2 is 2.21 bits per heavy atom. The Balaban J connectivity index is 1.66. The van der Waals surface area contributed by atoms with Gasteiger partial charge in [0.25, 0.3) is 5.56 Å². The van der Waals surface area contributed by atoms with Gasteiger partial charge in [-0.25, -0.2) is 4.98 Å². The summed E-state index contributed by atoms with van der Waals surface area (Å²) in [6, 6.07) is 1.51. The highest BCUT2D eigenvalue weighted by Gasteiger charge is 2.25. The number of nitrogens with zero attached hydrogens (tertiary/aromatic N) is 4. The van der Waals surface area contributed by atoms with Crippen molar-refractivity contribution in [2.24, 2.45) is 0 Å². The maximum atomic E-state index is 12.0. The van der Waals surface area contributed by atoms with Crippen molar-refractivity contribution < 1.29 is 9.84 Å². The molecule has 1 saturated heterocycles. The predicted molar refractivity (Wildman–Crippen MR) is 92.9 cm³/mol. The van der Waals surface area contributed by atoms with E-state index in [4.69, 9.17) is 4.74 Å². The lowest BCUT2D eigenvalue weighted by Crippen LogP contribution is -2.49. The number of aromatic nitrogens is 3. The summed E-state index contributed by atoms with van der Waals surface area (Å²) in [6.45, 7) is 7.73. The normalized spacial score (nSPS) is 18.6. The summed E-state index contributed by atoms with van der Waals surface area (Å²) in [5, 5.41) is 18.5. The summed E-state index contributed by atoms with van der Waals surface area (Å²) < 4.78 is 6.62. The number of morpholine rings is 1. The molecule has 0 aliphatic carbocycles. The Morgan fingerprint density at radius 1 is 1.46 bits per heavy atom. The van der Waals surface area contributed by atoms with Gasteiger partial charge in [0.05, 0.1) is 18.8 Å². The van der Waals surface area contributed by atoms with Crippen LogP contribution in [-0.2, 0) is 11.2 Å². The lowest BCUT2D eigenvalue weighted by atomic mass is 10.1. The summed E-state index contributed by atoms with van der Waals surface area (Å²) in [6.07, 6.45) is 0.709. The first-order valence-corrected chi connectivity index (χ1v) is 8.95. The minimum Gasteiger partial charge on any atom is -0.387 e. The fourth-order valence-electron chi connectivity index (χ4n) is 2.67. The van der Waals surface area contributed by atoms with Gasteiger partial charge in [0.1, 0.15) is 0 Å². The van der Waals surface area contributed by atoms with E-state index in [9.17, 15) is 9.90 Å². The van der Waals surface area contributed by atoms with Gasteiger partial charge in [-0.1, -0.05) is 18.3 Å². The molecule has 1 aliphatic rings. The Labute approximate surface area is 144 Å². The SMILES string of the molecule is CCc1cc(=O)n2nc(NCC(C)(O)CN3CCOCC3)sc2n1. The quantitative estimate of drug-likeness (QED) is 0.767. The van der Waals surface area contributed by atoms with E-state index < -0.39 is 5.60 Å². The van der Waals surface area contributed by atoms with E-state index in [1.165, 1.54) is 21.9 Å². The Morgan fingerprint density at radius 3 is 2.92 bits per heavy atom. The summed E-state index contributed by atoms with van der Waals surface area (Å²) in [4.78, 5) is 19.2. The Hall–Kier alpha value is -1.55. The molecule has 9 heteroatoms. The highest BCUT2D eigenvalue weighted by atomic mass is 32.1. The average molecular weight is 353 g/mol. The summed E-state index contributed by atoms with van der Waals surface area (Å²) in [5.41, 5.74) is -0.321. The first-order chi connectivity index (χ1) is 11.5. The summed E-state index contributed by atoms with van der Waals surface area (Å²) in [5.74, 6) is 0. The van der Waals surface area contributed by atoms with Crippen LogP contribution in [0.4, 0.5) is 5.13 Å². The number of aryl methyl sites for hydroxylation is 1. The fraction of sp³-hybridized carbons (Fsp3) is 0.667. The maximum Gasteiger partial charge on any atom is 0.275 e. The van der Waals surface area contributed by atoms with Crippen molar-refractivity contribution in [3.8, 4) is 0 Å². The van der Waals surface area contributed by atoms with Crippen LogP contribution in [0.5, 0.6) is 0 Å². The van der Waals surface area contributed by atoms with Gasteiger partial charge in [0, 0.05) is 37.9 Å². The maximum absolute atomic E-state index is 12.0. The van der Waals surface area contributed by atoms with Crippen LogP contribution in [-0.4, -0.2) is 69.6 Å². The number of hydrogen-bond donors (Lipinski definition) is 2. The summed E-state index contributed by atoms with van der Waals surface area (Å²) in [7, 11) is 0. The van der Waals surface area contributed by atoms with Gasteiger partial charge in [-0.2, -0.15) is 4.52 Å². The molecule has 1 atom stereocenters. The zero-order chi connectivity index (χ0) is 17.2. The van der Waals surface area contributed by atoms with Crippen molar-refractivity contribution in [3.63, 3.8) is 0 Å². The molecule has 8 nitrogen and oxygen atoms in total. The first-order valence-electron chi connectivity index (χ1n) is 8.13. The van der Waals surface area contributed by atoms with Crippen LogP contribution in [0.2, 0.25) is 0 Å². The number of ether oxygens (including phenoxy) is 1. The second kappa shape index (κ2) is 7.14. The standard InChI is InChI=1S/C15H23N5O3S/c1-3-11-8-12(21)20-14(17-11)24-13(18-20)16-9-15(2,22)10-19-4-6-23-7-5-19/h8,22H,3-7,9-10H2,1-2H3,(H,16,18). The van der Waals surface area contributed by atoms with Crippen molar-refractivity contribution in [2.75, 3.05) is 44.7 Å². The van der Waals surface area contributed by atoms with Crippen LogP contribution < -0.4 is 10.9 Å². The molecule has 132 valence electrons. The van der Waals surface area contributed by atoms with Crippen LogP contribution in [0, 0.1) is 0 Å². The van der Waals surface area contributed by atoms with Crippen molar-refractivity contribution in [3.05, 3.63) is 22.1 Å². The van der Waals surface area contributed by atoms with Gasteiger partial charge >= 0.3 is 0 Å². The topological polar surface area (TPSA) is 92.0 Å². The second-order valence-electron chi connectivity index (χ2n) is 6.28. The fourth-order valence-corrected chi connectivity index (χ4v) is 3.49. The Bertz CT molecular complexity index is 751. The molecule has 0 aromatic carbocycles. The molecule has 3 heterocycles. The first kappa shape index (κ1) is 17.3. The lowest BCUT2D eigenvalue weighted by molar-refractivity contribution is -0.0163. The van der Waals surface area contributed by atoms with Crippen LogP contribution in [0.3, 0.4) is 0 Å². The number of hydrogen-bond acceptors (Lipinski definition) is 8. The zero-order valence-electron chi connectivity index (χ0n) is 14.0. The van der Waals surface area contributed by atoms with E-state index in [2.05, 4.69) is 20.3 Å². The molecule has 2 aromatic heterocycles. The molecular formula is C15H23N5O3S. The second-order valence-corrected chi connectivity index (χ2v) is 7.24. The van der Waals surface area contributed by atoms with Gasteiger partial charge in [0.15, 0.2) is 0 Å². The van der Waals surface area contributed by atoms with Crippen molar-refractivity contribution in [2.45, 2.75) is 25.9 Å². The third-order valence-corrected chi connectivity index (χ3v) is 4.81. The minimum absolute atomic E-state index is 0.179. The largest absolute Gasteiger partial charge is 0.387 e. The number of fused-ring (bicyclic) bond motifs is 1. The molecule has 0 radical (unpaired) electrons. The van der Waals surface area contributed by atoms with Crippen LogP contribution >= 0.6 is 11.3 Å². The van der Waals surface area contributed by atoms with Gasteiger partial charge in [-0.15, -0.1) is 5.10 Å². The van der Waals surface area contributed by atoms with Crippen LogP contribution in [0.15, 0.2) is 10.9 Å². The van der Waals surface area contributed by atoms with Crippen LogP contribution in [0.1, 0.15) is 19.5 Å². The Kier molecular flexibility index (Phi) is 5.14. The third kappa shape index (κ3) is 4.10. The molecule has 3 rings (SSSR count). The molecule has 1 fully saturated rings. The average Bonchev–Trinajstić information content (AvgIpc) is 2.97. The van der Waals surface area contributed by atoms with Gasteiger partial charge in [-0.3, -0.25) is 9.69 Å². The number of aliphatic hydroxyl groups is 1. The van der Waals surface area contributed by atoms with E-state index in [0.717, 1.165) is 18.8 Å². The monoisotopic (exact) mass is 353 g/mol. The molecule has 1 aliphatic heterocycles. The van der Waals surface area contributed by atoms with Gasteiger partial charge in [0.2, 0.25) is 10.1 Å².